The van der Waals surface area contributed by atoms with E-state index in [1.807, 2.05) is 12.1 Å². The molecule has 3 rings (SSSR count). The van der Waals surface area contributed by atoms with Crippen molar-refractivity contribution in [3.8, 4) is 16.9 Å². The van der Waals surface area contributed by atoms with Crippen molar-refractivity contribution in [3.63, 3.8) is 0 Å². The number of hydrogen-bond donors (Lipinski definition) is 1. The second-order valence-electron chi connectivity index (χ2n) is 5.15. The Labute approximate surface area is 137 Å². The summed E-state index contributed by atoms with van der Waals surface area (Å²) in [4.78, 5) is 12.1. The summed E-state index contributed by atoms with van der Waals surface area (Å²) in [7, 11) is 0. The van der Waals surface area contributed by atoms with E-state index in [0.717, 1.165) is 11.1 Å². The van der Waals surface area contributed by atoms with Gasteiger partial charge >= 0.3 is 0 Å². The van der Waals surface area contributed by atoms with Gasteiger partial charge in [0.25, 0.3) is 5.56 Å². The zero-order valence-electron chi connectivity index (χ0n) is 12.0. The van der Waals surface area contributed by atoms with Gasteiger partial charge in [0.05, 0.1) is 6.54 Å². The molecule has 116 valence electrons. The third kappa shape index (κ3) is 3.27. The Morgan fingerprint density at radius 3 is 2.48 bits per heavy atom. The van der Waals surface area contributed by atoms with Crippen molar-refractivity contribution in [2.24, 2.45) is 0 Å². The molecular formula is C18H13ClFNO2. The zero-order chi connectivity index (χ0) is 16.4. The van der Waals surface area contributed by atoms with Gasteiger partial charge in [-0.05, 0) is 29.8 Å². The number of benzene rings is 2. The summed E-state index contributed by atoms with van der Waals surface area (Å²) >= 11 is 6.17. The predicted octanol–water partition coefficient (Wildman–Crippen LogP) is 4.06. The molecule has 0 saturated heterocycles. The van der Waals surface area contributed by atoms with Crippen LogP contribution in [-0.2, 0) is 6.54 Å². The normalized spacial score (nSPS) is 10.7. The number of halogens is 2. The standard InChI is InChI=1S/C18H13ClFNO2/c19-16-4-2-1-3-15(16)13-9-17(22)18(23)21(11-13)10-12-5-7-14(20)8-6-12/h1-9,11,22H,10H2. The number of pyridine rings is 1. The van der Waals surface area contributed by atoms with Crippen LogP contribution in [0.3, 0.4) is 0 Å². The minimum absolute atomic E-state index is 0.227. The van der Waals surface area contributed by atoms with Crippen molar-refractivity contribution in [3.05, 3.63) is 87.6 Å². The first-order chi connectivity index (χ1) is 11.0. The molecule has 0 bridgehead atoms. The molecule has 3 aromatic rings. The summed E-state index contributed by atoms with van der Waals surface area (Å²) in [5.41, 5.74) is 1.60. The topological polar surface area (TPSA) is 42.2 Å². The Bertz CT molecular complexity index is 904. The van der Waals surface area contributed by atoms with E-state index in [2.05, 4.69) is 0 Å². The van der Waals surface area contributed by atoms with Gasteiger partial charge in [-0.3, -0.25) is 4.79 Å². The predicted molar refractivity (Wildman–Crippen MR) is 88.3 cm³/mol. The van der Waals surface area contributed by atoms with E-state index in [4.69, 9.17) is 11.6 Å². The molecule has 5 heteroatoms. The molecule has 0 fully saturated rings. The molecule has 23 heavy (non-hydrogen) atoms. The van der Waals surface area contributed by atoms with Crippen molar-refractivity contribution < 1.29 is 9.50 Å². The highest BCUT2D eigenvalue weighted by Gasteiger charge is 2.10. The summed E-state index contributed by atoms with van der Waals surface area (Å²) in [6, 6.07) is 14.4. The molecule has 0 radical (unpaired) electrons. The molecule has 0 spiro atoms. The fourth-order valence-electron chi connectivity index (χ4n) is 2.37. The first kappa shape index (κ1) is 15.3. The van der Waals surface area contributed by atoms with Crippen LogP contribution in [0.5, 0.6) is 5.75 Å². The lowest BCUT2D eigenvalue weighted by molar-refractivity contribution is 0.459. The van der Waals surface area contributed by atoms with Crippen molar-refractivity contribution in [1.29, 1.82) is 0 Å². The highest BCUT2D eigenvalue weighted by molar-refractivity contribution is 6.33. The SMILES string of the molecule is O=c1c(O)cc(-c2ccccc2Cl)cn1Cc1ccc(F)cc1. The maximum absolute atomic E-state index is 13.0. The van der Waals surface area contributed by atoms with Gasteiger partial charge in [0, 0.05) is 22.3 Å². The van der Waals surface area contributed by atoms with Crippen LogP contribution in [0.4, 0.5) is 4.39 Å². The van der Waals surface area contributed by atoms with Crippen molar-refractivity contribution in [2.45, 2.75) is 6.54 Å². The van der Waals surface area contributed by atoms with E-state index in [-0.39, 0.29) is 18.1 Å². The fraction of sp³-hybridized carbons (Fsp3) is 0.0556. The number of aromatic nitrogens is 1. The lowest BCUT2D eigenvalue weighted by Gasteiger charge is -2.11. The van der Waals surface area contributed by atoms with Crippen LogP contribution in [0, 0.1) is 5.82 Å². The van der Waals surface area contributed by atoms with Crippen LogP contribution in [0.15, 0.2) is 65.6 Å². The summed E-state index contributed by atoms with van der Waals surface area (Å²) in [5.74, 6) is -0.696. The average molecular weight is 330 g/mol. The minimum atomic E-state index is -0.509. The Hall–Kier alpha value is -2.59. The van der Waals surface area contributed by atoms with Crippen molar-refractivity contribution in [2.75, 3.05) is 0 Å². The maximum atomic E-state index is 13.0. The van der Waals surface area contributed by atoms with Gasteiger partial charge in [0.2, 0.25) is 0 Å². The molecule has 0 aliphatic carbocycles. The van der Waals surface area contributed by atoms with Gasteiger partial charge in [-0.1, -0.05) is 41.9 Å². The van der Waals surface area contributed by atoms with Gasteiger partial charge in [-0.15, -0.1) is 0 Å². The van der Waals surface area contributed by atoms with Crippen LogP contribution in [-0.4, -0.2) is 9.67 Å². The smallest absolute Gasteiger partial charge is 0.292 e. The van der Waals surface area contributed by atoms with E-state index in [1.165, 1.54) is 22.8 Å². The molecule has 3 nitrogen and oxygen atoms in total. The van der Waals surface area contributed by atoms with Crippen LogP contribution in [0.1, 0.15) is 5.56 Å². The monoisotopic (exact) mass is 329 g/mol. The van der Waals surface area contributed by atoms with Crippen LogP contribution in [0.2, 0.25) is 5.02 Å². The lowest BCUT2D eigenvalue weighted by Crippen LogP contribution is -2.19. The Kier molecular flexibility index (Phi) is 4.17. The molecular weight excluding hydrogens is 317 g/mol. The number of rotatable bonds is 3. The maximum Gasteiger partial charge on any atom is 0.292 e. The Morgan fingerprint density at radius 2 is 1.78 bits per heavy atom. The summed E-state index contributed by atoms with van der Waals surface area (Å²) in [5, 5.41) is 10.4. The molecule has 1 aromatic heterocycles. The summed E-state index contributed by atoms with van der Waals surface area (Å²) < 4.78 is 14.4. The minimum Gasteiger partial charge on any atom is -0.503 e. The third-order valence-electron chi connectivity index (χ3n) is 3.52. The molecule has 0 aliphatic heterocycles. The number of aromatic hydroxyl groups is 1. The zero-order valence-corrected chi connectivity index (χ0v) is 12.8. The van der Waals surface area contributed by atoms with E-state index in [9.17, 15) is 14.3 Å². The Balaban J connectivity index is 2.05. The van der Waals surface area contributed by atoms with E-state index in [0.29, 0.717) is 10.6 Å². The molecule has 1 N–H and O–H groups in total. The van der Waals surface area contributed by atoms with Crippen LogP contribution >= 0.6 is 11.6 Å². The van der Waals surface area contributed by atoms with Gasteiger partial charge < -0.3 is 9.67 Å². The van der Waals surface area contributed by atoms with Crippen LogP contribution in [0.25, 0.3) is 11.1 Å². The third-order valence-corrected chi connectivity index (χ3v) is 3.85. The van der Waals surface area contributed by atoms with Gasteiger partial charge in [0.15, 0.2) is 5.75 Å². The Morgan fingerprint density at radius 1 is 1.09 bits per heavy atom. The first-order valence-corrected chi connectivity index (χ1v) is 7.35. The first-order valence-electron chi connectivity index (χ1n) is 6.97. The summed E-state index contributed by atoms with van der Waals surface area (Å²) in [6.07, 6.45) is 1.63. The largest absolute Gasteiger partial charge is 0.503 e. The molecule has 1 heterocycles. The van der Waals surface area contributed by atoms with E-state index >= 15 is 0 Å². The summed E-state index contributed by atoms with van der Waals surface area (Å²) in [6.45, 7) is 0.227. The molecule has 0 unspecified atom stereocenters. The highest BCUT2D eigenvalue weighted by Crippen LogP contribution is 2.28. The van der Waals surface area contributed by atoms with Crippen molar-refractivity contribution >= 4 is 11.6 Å². The molecule has 0 saturated carbocycles. The van der Waals surface area contributed by atoms with Crippen molar-refractivity contribution in [1.82, 2.24) is 4.57 Å². The number of nitrogens with zero attached hydrogens (tertiary/aromatic N) is 1. The van der Waals surface area contributed by atoms with E-state index in [1.54, 1.807) is 30.5 Å². The van der Waals surface area contributed by atoms with Gasteiger partial charge in [0.1, 0.15) is 5.82 Å². The highest BCUT2D eigenvalue weighted by atomic mass is 35.5. The van der Waals surface area contributed by atoms with E-state index < -0.39 is 5.56 Å². The second-order valence-corrected chi connectivity index (χ2v) is 5.56. The van der Waals surface area contributed by atoms with Crippen LogP contribution < -0.4 is 5.56 Å². The fourth-order valence-corrected chi connectivity index (χ4v) is 2.61. The lowest BCUT2D eigenvalue weighted by atomic mass is 10.1. The molecule has 0 atom stereocenters. The second kappa shape index (κ2) is 6.26. The molecule has 0 amide bonds. The molecule has 2 aromatic carbocycles. The van der Waals surface area contributed by atoms with Gasteiger partial charge in [-0.25, -0.2) is 4.39 Å². The van der Waals surface area contributed by atoms with Gasteiger partial charge in [-0.2, -0.15) is 0 Å². The average Bonchev–Trinajstić information content (AvgIpc) is 2.54. The number of hydrogen-bond acceptors (Lipinski definition) is 2. The molecule has 0 aliphatic rings. The quantitative estimate of drug-likeness (QED) is 0.787.